The smallest absolute Gasteiger partial charge is 0.326 e. The Balaban J connectivity index is 2.13. The molecule has 0 amide bonds. The minimum Gasteiger partial charge on any atom is -0.491 e. The van der Waals surface area contributed by atoms with Crippen molar-refractivity contribution in [2.24, 2.45) is 0 Å². The van der Waals surface area contributed by atoms with Crippen LogP contribution in [0.2, 0.25) is 0 Å². The highest BCUT2D eigenvalue weighted by Crippen LogP contribution is 2.25. The van der Waals surface area contributed by atoms with E-state index in [4.69, 9.17) is 9.47 Å². The first kappa shape index (κ1) is 14.3. The molecule has 1 unspecified atom stereocenters. The van der Waals surface area contributed by atoms with Crippen molar-refractivity contribution < 1.29 is 14.3 Å². The van der Waals surface area contributed by atoms with E-state index in [1.165, 1.54) is 7.11 Å². The fourth-order valence-corrected chi connectivity index (χ4v) is 2.09. The molecule has 106 valence electrons. The Labute approximate surface area is 118 Å². The van der Waals surface area contributed by atoms with Crippen molar-refractivity contribution in [3.63, 3.8) is 0 Å². The number of methoxy groups -OCH3 is 1. The number of rotatable bonds is 6. The number of hydrogen-bond donors (Lipinski definition) is 1. The largest absolute Gasteiger partial charge is 0.491 e. The molecule has 0 radical (unpaired) electrons. The fraction of sp³-hybridized carbons (Fsp3) is 0.312. The number of fused-ring (bicyclic) bond motifs is 1. The molecule has 0 heterocycles. The third-order valence-electron chi connectivity index (χ3n) is 3.09. The van der Waals surface area contributed by atoms with Gasteiger partial charge in [0, 0.05) is 5.39 Å². The van der Waals surface area contributed by atoms with Crippen LogP contribution in [0.4, 0.5) is 0 Å². The highest BCUT2D eigenvalue weighted by molar-refractivity contribution is 5.88. The zero-order valence-corrected chi connectivity index (χ0v) is 11.8. The van der Waals surface area contributed by atoms with E-state index in [1.807, 2.05) is 49.4 Å². The first-order valence-corrected chi connectivity index (χ1v) is 6.68. The molecule has 0 saturated heterocycles. The summed E-state index contributed by atoms with van der Waals surface area (Å²) in [5.41, 5.74) is 0. The normalized spacial score (nSPS) is 12.1. The Bertz CT molecular complexity index is 577. The zero-order chi connectivity index (χ0) is 14.4. The van der Waals surface area contributed by atoms with Gasteiger partial charge in [-0.05, 0) is 18.0 Å². The van der Waals surface area contributed by atoms with E-state index in [0.29, 0.717) is 6.54 Å². The summed E-state index contributed by atoms with van der Waals surface area (Å²) < 4.78 is 10.6. The van der Waals surface area contributed by atoms with Gasteiger partial charge in [0.2, 0.25) is 0 Å². The number of esters is 1. The number of ether oxygens (including phenoxy) is 2. The highest BCUT2D eigenvalue weighted by atomic mass is 16.5. The Morgan fingerprint density at radius 2 is 1.95 bits per heavy atom. The minimum absolute atomic E-state index is 0.245. The van der Waals surface area contributed by atoms with Crippen LogP contribution in [-0.2, 0) is 9.53 Å². The molecule has 4 nitrogen and oxygen atoms in total. The Hall–Kier alpha value is -2.07. The van der Waals surface area contributed by atoms with Gasteiger partial charge in [0.1, 0.15) is 18.4 Å². The molecule has 4 heteroatoms. The van der Waals surface area contributed by atoms with Crippen LogP contribution in [0.25, 0.3) is 10.8 Å². The number of hydrogen-bond acceptors (Lipinski definition) is 4. The van der Waals surface area contributed by atoms with E-state index in [9.17, 15) is 4.79 Å². The monoisotopic (exact) mass is 273 g/mol. The van der Waals surface area contributed by atoms with Crippen LogP contribution in [-0.4, -0.2) is 32.3 Å². The van der Waals surface area contributed by atoms with Gasteiger partial charge >= 0.3 is 5.97 Å². The summed E-state index contributed by atoms with van der Waals surface area (Å²) in [6.45, 7) is 2.86. The lowest BCUT2D eigenvalue weighted by atomic mass is 10.1. The zero-order valence-electron chi connectivity index (χ0n) is 11.8. The van der Waals surface area contributed by atoms with Gasteiger partial charge in [-0.25, -0.2) is 0 Å². The van der Waals surface area contributed by atoms with E-state index in [1.54, 1.807) is 0 Å². The number of carbonyl (C=O) groups excluding carboxylic acids is 1. The van der Waals surface area contributed by atoms with Gasteiger partial charge in [-0.3, -0.25) is 4.79 Å². The number of carbonyl (C=O) groups is 1. The number of nitrogens with one attached hydrogen (secondary N) is 1. The average molecular weight is 273 g/mol. The second kappa shape index (κ2) is 6.91. The number of likely N-dealkylation sites (N-methyl/N-ethyl adjacent to an activating group) is 1. The van der Waals surface area contributed by atoms with E-state index < -0.39 is 6.04 Å². The van der Waals surface area contributed by atoms with Crippen LogP contribution < -0.4 is 10.1 Å². The van der Waals surface area contributed by atoms with Crippen LogP contribution in [0.1, 0.15) is 6.92 Å². The van der Waals surface area contributed by atoms with Crippen LogP contribution >= 0.6 is 0 Å². The molecule has 0 fully saturated rings. The van der Waals surface area contributed by atoms with Crippen LogP contribution in [0.5, 0.6) is 5.75 Å². The summed E-state index contributed by atoms with van der Waals surface area (Å²) >= 11 is 0. The molecule has 0 aliphatic heterocycles. The summed E-state index contributed by atoms with van der Waals surface area (Å²) in [5, 5.41) is 5.20. The first-order valence-electron chi connectivity index (χ1n) is 6.68. The molecular formula is C16H19NO3. The lowest BCUT2D eigenvalue weighted by Gasteiger charge is -2.17. The lowest BCUT2D eigenvalue weighted by molar-refractivity contribution is -0.143. The third-order valence-corrected chi connectivity index (χ3v) is 3.09. The Kier molecular flexibility index (Phi) is 4.96. The van der Waals surface area contributed by atoms with Crippen molar-refractivity contribution in [2.45, 2.75) is 13.0 Å². The van der Waals surface area contributed by atoms with Gasteiger partial charge in [0.25, 0.3) is 0 Å². The second-order valence-electron chi connectivity index (χ2n) is 4.42. The minimum atomic E-state index is -0.455. The van der Waals surface area contributed by atoms with E-state index in [2.05, 4.69) is 5.32 Å². The maximum atomic E-state index is 11.6. The van der Waals surface area contributed by atoms with Crippen LogP contribution in [0.3, 0.4) is 0 Å². The molecule has 1 N–H and O–H groups in total. The lowest BCUT2D eigenvalue weighted by Crippen LogP contribution is -2.42. The van der Waals surface area contributed by atoms with Crippen molar-refractivity contribution in [1.82, 2.24) is 5.32 Å². The average Bonchev–Trinajstić information content (AvgIpc) is 2.50. The highest BCUT2D eigenvalue weighted by Gasteiger charge is 2.18. The first-order chi connectivity index (χ1) is 9.76. The molecule has 1 atom stereocenters. The van der Waals surface area contributed by atoms with E-state index >= 15 is 0 Å². The molecule has 0 aliphatic carbocycles. The maximum absolute atomic E-state index is 11.6. The van der Waals surface area contributed by atoms with Crippen molar-refractivity contribution in [2.75, 3.05) is 20.3 Å². The van der Waals surface area contributed by atoms with Crippen molar-refractivity contribution in [1.29, 1.82) is 0 Å². The molecular weight excluding hydrogens is 254 g/mol. The number of benzene rings is 2. The Morgan fingerprint density at radius 3 is 2.70 bits per heavy atom. The van der Waals surface area contributed by atoms with Crippen molar-refractivity contribution >= 4 is 16.7 Å². The molecule has 0 spiro atoms. The SMILES string of the molecule is CCNC(COc1cccc2ccccc12)C(=O)OC. The van der Waals surface area contributed by atoms with E-state index in [0.717, 1.165) is 16.5 Å². The van der Waals surface area contributed by atoms with Crippen molar-refractivity contribution in [3.05, 3.63) is 42.5 Å². The molecule has 0 bridgehead atoms. The van der Waals surface area contributed by atoms with Gasteiger partial charge < -0.3 is 14.8 Å². The summed E-state index contributed by atoms with van der Waals surface area (Å²) in [4.78, 5) is 11.6. The molecule has 0 aliphatic rings. The molecule has 20 heavy (non-hydrogen) atoms. The summed E-state index contributed by atoms with van der Waals surface area (Å²) in [6, 6.07) is 13.4. The molecule has 0 saturated carbocycles. The van der Waals surface area contributed by atoms with Crippen molar-refractivity contribution in [3.8, 4) is 5.75 Å². The molecule has 2 rings (SSSR count). The summed E-state index contributed by atoms with van der Waals surface area (Å²) in [7, 11) is 1.38. The van der Waals surface area contributed by atoms with Gasteiger partial charge in [0.05, 0.1) is 7.11 Å². The molecule has 0 aromatic heterocycles. The molecule has 2 aromatic rings. The fourth-order valence-electron chi connectivity index (χ4n) is 2.09. The van der Waals surface area contributed by atoms with E-state index in [-0.39, 0.29) is 12.6 Å². The summed E-state index contributed by atoms with van der Waals surface area (Å²) in [6.07, 6.45) is 0. The second-order valence-corrected chi connectivity index (χ2v) is 4.42. The maximum Gasteiger partial charge on any atom is 0.326 e. The predicted molar refractivity (Wildman–Crippen MR) is 78.9 cm³/mol. The molecule has 2 aromatic carbocycles. The van der Waals surface area contributed by atoms with Crippen LogP contribution in [0.15, 0.2) is 42.5 Å². The predicted octanol–water partition coefficient (Wildman–Crippen LogP) is 2.37. The van der Waals surface area contributed by atoms with Gasteiger partial charge in [-0.15, -0.1) is 0 Å². The quantitative estimate of drug-likeness (QED) is 0.821. The van der Waals surface area contributed by atoms with Gasteiger partial charge in [-0.2, -0.15) is 0 Å². The van der Waals surface area contributed by atoms with Gasteiger partial charge in [-0.1, -0.05) is 43.3 Å². The topological polar surface area (TPSA) is 47.6 Å². The van der Waals surface area contributed by atoms with Crippen LogP contribution in [0, 0.1) is 0 Å². The summed E-state index contributed by atoms with van der Waals surface area (Å²) in [5.74, 6) is 0.460. The van der Waals surface area contributed by atoms with Gasteiger partial charge in [0.15, 0.2) is 0 Å². The standard InChI is InChI=1S/C16H19NO3/c1-3-17-14(16(18)19-2)11-20-15-10-6-8-12-7-4-5-9-13(12)15/h4-10,14,17H,3,11H2,1-2H3. The Morgan fingerprint density at radius 1 is 1.20 bits per heavy atom. The third kappa shape index (κ3) is 3.27.